The summed E-state index contributed by atoms with van der Waals surface area (Å²) in [5.41, 5.74) is 0. The van der Waals surface area contributed by atoms with Crippen molar-refractivity contribution in [3.8, 4) is 0 Å². The molecule has 0 aromatic rings. The normalized spacial score (nSPS) is 26.4. The van der Waals surface area contributed by atoms with Gasteiger partial charge in [0.05, 0.1) is 0 Å². The third-order valence-electron chi connectivity index (χ3n) is 1.63. The fraction of sp³-hybridized carbons (Fsp3) is 0.800. The van der Waals surface area contributed by atoms with Gasteiger partial charge in [-0.3, -0.25) is 9.80 Å². The molecule has 1 atom stereocenters. The molecule has 0 saturated carbocycles. The number of hydrazine groups is 1. The van der Waals surface area contributed by atoms with Gasteiger partial charge in [-0.1, -0.05) is 0 Å². The second-order valence-corrected chi connectivity index (χ2v) is 2.40. The molecule has 1 aliphatic heterocycles. The van der Waals surface area contributed by atoms with Crippen LogP contribution in [0.3, 0.4) is 0 Å². The predicted molar refractivity (Wildman–Crippen MR) is 30.1 cm³/mol. The van der Waals surface area contributed by atoms with E-state index in [0.717, 1.165) is 0 Å². The Morgan fingerprint density at radius 2 is 2.09 bits per heavy atom. The molecule has 1 aliphatic rings. The van der Waals surface area contributed by atoms with Crippen LogP contribution in [0.15, 0.2) is 0 Å². The topological polar surface area (TPSA) is 46.3 Å². The number of hydrogen-bond acceptors (Lipinski definition) is 2. The number of rotatable bonds is 0. The molecular formula is C5H7F3N2O. The lowest BCUT2D eigenvalue weighted by Crippen LogP contribution is -2.47. The van der Waals surface area contributed by atoms with Gasteiger partial charge in [0.1, 0.15) is 6.04 Å². The Labute approximate surface area is 60.9 Å². The second-order valence-electron chi connectivity index (χ2n) is 2.40. The minimum Gasteiger partial charge on any atom is -0.273 e. The van der Waals surface area contributed by atoms with Crippen molar-refractivity contribution in [3.05, 3.63) is 0 Å². The van der Waals surface area contributed by atoms with Crippen molar-refractivity contribution in [1.82, 2.24) is 5.01 Å². The SMILES string of the molecule is NN1C(=O)CCC1C(F)(F)F. The smallest absolute Gasteiger partial charge is 0.273 e. The summed E-state index contributed by atoms with van der Waals surface area (Å²) in [5, 5.41) is 0.264. The van der Waals surface area contributed by atoms with Crippen LogP contribution in [0.5, 0.6) is 0 Å². The summed E-state index contributed by atoms with van der Waals surface area (Å²) >= 11 is 0. The summed E-state index contributed by atoms with van der Waals surface area (Å²) in [6, 6.07) is -1.78. The lowest BCUT2D eigenvalue weighted by Gasteiger charge is -2.21. The molecule has 6 heteroatoms. The first-order valence-corrected chi connectivity index (χ1v) is 3.06. The van der Waals surface area contributed by atoms with Crippen LogP contribution in [0.2, 0.25) is 0 Å². The molecule has 3 nitrogen and oxygen atoms in total. The van der Waals surface area contributed by atoms with Crippen LogP contribution in [0, 0.1) is 0 Å². The number of carbonyl (C=O) groups excluding carboxylic acids is 1. The monoisotopic (exact) mass is 168 g/mol. The van der Waals surface area contributed by atoms with Gasteiger partial charge in [0.15, 0.2) is 0 Å². The lowest BCUT2D eigenvalue weighted by atomic mass is 10.2. The Morgan fingerprint density at radius 1 is 1.55 bits per heavy atom. The molecule has 0 bridgehead atoms. The van der Waals surface area contributed by atoms with Crippen LogP contribution < -0.4 is 5.84 Å². The van der Waals surface area contributed by atoms with Crippen molar-refractivity contribution in [2.75, 3.05) is 0 Å². The van der Waals surface area contributed by atoms with Crippen molar-refractivity contribution >= 4 is 5.91 Å². The van der Waals surface area contributed by atoms with Crippen molar-refractivity contribution in [1.29, 1.82) is 0 Å². The number of halogens is 3. The van der Waals surface area contributed by atoms with E-state index in [4.69, 9.17) is 5.84 Å². The minimum atomic E-state index is -4.39. The van der Waals surface area contributed by atoms with Gasteiger partial charge >= 0.3 is 6.18 Å². The number of alkyl halides is 3. The van der Waals surface area contributed by atoms with E-state index in [2.05, 4.69) is 0 Å². The Kier molecular flexibility index (Phi) is 1.79. The molecule has 1 saturated heterocycles. The first-order chi connectivity index (χ1) is 4.93. The summed E-state index contributed by atoms with van der Waals surface area (Å²) in [4.78, 5) is 10.5. The molecule has 64 valence electrons. The van der Waals surface area contributed by atoms with Gasteiger partial charge in [0.2, 0.25) is 5.91 Å². The van der Waals surface area contributed by atoms with Crippen molar-refractivity contribution in [3.63, 3.8) is 0 Å². The van der Waals surface area contributed by atoms with Crippen LogP contribution in [0.1, 0.15) is 12.8 Å². The number of amides is 1. The molecule has 1 amide bonds. The Balaban J connectivity index is 2.70. The maximum absolute atomic E-state index is 11.9. The zero-order chi connectivity index (χ0) is 8.65. The highest BCUT2D eigenvalue weighted by Crippen LogP contribution is 2.30. The number of nitrogens with zero attached hydrogens (tertiary/aromatic N) is 1. The van der Waals surface area contributed by atoms with Crippen LogP contribution in [-0.2, 0) is 4.79 Å². The minimum absolute atomic E-state index is 0.110. The molecule has 0 aliphatic carbocycles. The van der Waals surface area contributed by atoms with E-state index in [1.807, 2.05) is 0 Å². The van der Waals surface area contributed by atoms with Gasteiger partial charge in [-0.15, -0.1) is 0 Å². The van der Waals surface area contributed by atoms with Gasteiger partial charge in [-0.05, 0) is 6.42 Å². The van der Waals surface area contributed by atoms with E-state index >= 15 is 0 Å². The molecule has 0 aromatic carbocycles. The third-order valence-corrected chi connectivity index (χ3v) is 1.63. The maximum Gasteiger partial charge on any atom is 0.410 e. The average Bonchev–Trinajstić information content (AvgIpc) is 2.11. The molecule has 1 fully saturated rings. The van der Waals surface area contributed by atoms with Crippen LogP contribution in [-0.4, -0.2) is 23.1 Å². The number of nitrogens with two attached hydrogens (primary N) is 1. The summed E-state index contributed by atoms with van der Waals surface area (Å²) in [6.45, 7) is 0. The fourth-order valence-electron chi connectivity index (χ4n) is 1.02. The maximum atomic E-state index is 11.9. The van der Waals surface area contributed by atoms with Crippen molar-refractivity contribution in [2.45, 2.75) is 25.1 Å². The van der Waals surface area contributed by atoms with E-state index < -0.39 is 18.1 Å². The van der Waals surface area contributed by atoms with E-state index in [9.17, 15) is 18.0 Å². The molecule has 2 N–H and O–H groups in total. The first kappa shape index (κ1) is 8.32. The molecule has 1 rings (SSSR count). The summed E-state index contributed by atoms with van der Waals surface area (Å²) in [5.74, 6) is 4.23. The molecule has 0 spiro atoms. The summed E-state index contributed by atoms with van der Waals surface area (Å²) in [6.07, 6.45) is -4.72. The number of carbonyl (C=O) groups is 1. The van der Waals surface area contributed by atoms with E-state index in [-0.39, 0.29) is 17.9 Å². The lowest BCUT2D eigenvalue weighted by molar-refractivity contribution is -0.181. The molecule has 11 heavy (non-hydrogen) atoms. The van der Waals surface area contributed by atoms with Crippen LogP contribution >= 0.6 is 0 Å². The van der Waals surface area contributed by atoms with E-state index in [0.29, 0.717) is 0 Å². The fourth-order valence-corrected chi connectivity index (χ4v) is 1.02. The van der Waals surface area contributed by atoms with Crippen molar-refractivity contribution < 1.29 is 18.0 Å². The molecular weight excluding hydrogens is 161 g/mol. The average molecular weight is 168 g/mol. The largest absolute Gasteiger partial charge is 0.410 e. The highest BCUT2D eigenvalue weighted by molar-refractivity contribution is 5.78. The van der Waals surface area contributed by atoms with Gasteiger partial charge in [-0.25, -0.2) is 5.84 Å². The zero-order valence-corrected chi connectivity index (χ0v) is 5.56. The van der Waals surface area contributed by atoms with Crippen molar-refractivity contribution in [2.24, 2.45) is 5.84 Å². The highest BCUT2D eigenvalue weighted by atomic mass is 19.4. The van der Waals surface area contributed by atoms with Gasteiger partial charge in [0, 0.05) is 6.42 Å². The molecule has 0 radical (unpaired) electrons. The van der Waals surface area contributed by atoms with E-state index in [1.54, 1.807) is 0 Å². The van der Waals surface area contributed by atoms with Gasteiger partial charge in [0.25, 0.3) is 0 Å². The Bertz CT molecular complexity index is 179. The quantitative estimate of drug-likeness (QED) is 0.420. The summed E-state index contributed by atoms with van der Waals surface area (Å²) in [7, 11) is 0. The standard InChI is InChI=1S/C5H7F3N2O/c6-5(7,8)3-1-2-4(11)10(3)9/h3H,1-2,9H2. The molecule has 1 unspecified atom stereocenters. The highest BCUT2D eigenvalue weighted by Gasteiger charge is 2.48. The Hall–Kier alpha value is -0.780. The molecule has 1 heterocycles. The molecule has 0 aromatic heterocycles. The van der Waals surface area contributed by atoms with Crippen LogP contribution in [0.25, 0.3) is 0 Å². The predicted octanol–water partition coefficient (Wildman–Crippen LogP) is 0.413. The van der Waals surface area contributed by atoms with Gasteiger partial charge < -0.3 is 0 Å². The first-order valence-electron chi connectivity index (χ1n) is 3.06. The third kappa shape index (κ3) is 1.45. The zero-order valence-electron chi connectivity index (χ0n) is 5.56. The summed E-state index contributed by atoms with van der Waals surface area (Å²) < 4.78 is 35.7. The number of hydrogen-bond donors (Lipinski definition) is 1. The van der Waals surface area contributed by atoms with Crippen LogP contribution in [0.4, 0.5) is 13.2 Å². The van der Waals surface area contributed by atoms with E-state index in [1.165, 1.54) is 0 Å². The second kappa shape index (κ2) is 2.37. The van der Waals surface area contributed by atoms with Gasteiger partial charge in [-0.2, -0.15) is 13.2 Å². The Morgan fingerprint density at radius 3 is 2.27 bits per heavy atom.